The van der Waals surface area contributed by atoms with Crippen molar-refractivity contribution in [2.75, 3.05) is 19.7 Å². The quantitative estimate of drug-likeness (QED) is 0.586. The predicted octanol–water partition coefficient (Wildman–Crippen LogP) is 3.83. The number of aliphatic imine (C=N–C) groups is 1. The Morgan fingerprint density at radius 2 is 1.97 bits per heavy atom. The zero-order valence-electron chi connectivity index (χ0n) is 17.8. The maximum absolute atomic E-state index is 12.4. The van der Waals surface area contributed by atoms with Crippen LogP contribution < -0.4 is 5.32 Å². The normalized spacial score (nSPS) is 18.4. The first-order valence-electron chi connectivity index (χ1n) is 10.7. The molecular weight excluding hydrogens is 394 g/mol. The van der Waals surface area contributed by atoms with Gasteiger partial charge in [-0.2, -0.15) is 0 Å². The van der Waals surface area contributed by atoms with Gasteiger partial charge in [-0.25, -0.2) is 14.6 Å². The maximum Gasteiger partial charge on any atom is 0.407 e. The molecule has 1 amide bonds. The highest BCUT2D eigenvalue weighted by Gasteiger charge is 2.27. The van der Waals surface area contributed by atoms with Gasteiger partial charge in [-0.15, -0.1) is 0 Å². The number of nitrogens with one attached hydrogen (secondary N) is 1. The van der Waals surface area contributed by atoms with Gasteiger partial charge in [0.15, 0.2) is 5.70 Å². The summed E-state index contributed by atoms with van der Waals surface area (Å²) >= 11 is 0. The molecule has 0 unspecified atom stereocenters. The molecule has 2 aromatic carbocycles. The minimum absolute atomic E-state index is 0.0691. The number of esters is 1. The van der Waals surface area contributed by atoms with Crippen LogP contribution in [-0.4, -0.2) is 48.6 Å². The molecule has 2 aliphatic heterocycles. The summed E-state index contributed by atoms with van der Waals surface area (Å²) < 4.78 is 10.7. The van der Waals surface area contributed by atoms with Gasteiger partial charge in [0.2, 0.25) is 5.90 Å². The third kappa shape index (κ3) is 5.05. The molecule has 0 radical (unpaired) electrons. The SMILES string of the molecule is CC(C)COC(=O)NC1CCN(C=C2N=C(c3cccc4ccccc34)OC2=O)CC1. The lowest BCUT2D eigenvalue weighted by atomic mass is 10.0. The van der Waals surface area contributed by atoms with E-state index in [0.717, 1.165) is 29.2 Å². The van der Waals surface area contributed by atoms with Crippen molar-refractivity contribution >= 4 is 28.7 Å². The number of rotatable bonds is 5. The van der Waals surface area contributed by atoms with E-state index >= 15 is 0 Å². The second-order valence-electron chi connectivity index (χ2n) is 8.29. The van der Waals surface area contributed by atoms with Gasteiger partial charge in [-0.3, -0.25) is 0 Å². The first-order chi connectivity index (χ1) is 15.0. The summed E-state index contributed by atoms with van der Waals surface area (Å²) in [6.45, 7) is 5.84. The number of likely N-dealkylation sites (tertiary alicyclic amines) is 1. The number of cyclic esters (lactones) is 1. The molecule has 4 rings (SSSR count). The van der Waals surface area contributed by atoms with Crippen LogP contribution in [0.25, 0.3) is 10.8 Å². The number of piperidine rings is 1. The van der Waals surface area contributed by atoms with Crippen molar-refractivity contribution in [3.8, 4) is 0 Å². The number of alkyl carbamates (subject to hydrolysis) is 1. The van der Waals surface area contributed by atoms with Gasteiger partial charge in [-0.05, 0) is 35.6 Å². The summed E-state index contributed by atoms with van der Waals surface area (Å²) in [6, 6.07) is 13.9. The topological polar surface area (TPSA) is 80.2 Å². The molecule has 7 nitrogen and oxygen atoms in total. The number of benzene rings is 2. The van der Waals surface area contributed by atoms with E-state index < -0.39 is 5.97 Å². The molecule has 0 saturated carbocycles. The van der Waals surface area contributed by atoms with E-state index in [2.05, 4.69) is 10.3 Å². The molecule has 31 heavy (non-hydrogen) atoms. The molecule has 0 aliphatic carbocycles. The van der Waals surface area contributed by atoms with Gasteiger partial charge in [-0.1, -0.05) is 50.2 Å². The molecule has 1 saturated heterocycles. The van der Waals surface area contributed by atoms with E-state index in [1.807, 2.05) is 61.2 Å². The smallest absolute Gasteiger partial charge is 0.407 e. The first kappa shape index (κ1) is 20.9. The van der Waals surface area contributed by atoms with E-state index in [-0.39, 0.29) is 12.1 Å². The zero-order valence-corrected chi connectivity index (χ0v) is 17.8. The Morgan fingerprint density at radius 3 is 2.74 bits per heavy atom. The van der Waals surface area contributed by atoms with Crippen LogP contribution in [0.2, 0.25) is 0 Å². The molecule has 1 fully saturated rings. The van der Waals surface area contributed by atoms with Crippen molar-refractivity contribution < 1.29 is 19.1 Å². The van der Waals surface area contributed by atoms with Gasteiger partial charge in [0.25, 0.3) is 0 Å². The second-order valence-corrected chi connectivity index (χ2v) is 8.29. The average Bonchev–Trinajstić information content (AvgIpc) is 3.13. The van der Waals surface area contributed by atoms with Crippen LogP contribution in [0, 0.1) is 5.92 Å². The fraction of sp³-hybridized carbons (Fsp3) is 0.375. The number of carbonyl (C=O) groups is 2. The number of hydrogen-bond donors (Lipinski definition) is 1. The lowest BCUT2D eigenvalue weighted by Crippen LogP contribution is -2.43. The number of ether oxygens (including phenoxy) is 2. The summed E-state index contributed by atoms with van der Waals surface area (Å²) in [5, 5.41) is 4.98. The summed E-state index contributed by atoms with van der Waals surface area (Å²) in [5.74, 6) is 0.197. The number of fused-ring (bicyclic) bond motifs is 1. The Hall–Kier alpha value is -3.35. The van der Waals surface area contributed by atoms with Gasteiger partial charge in [0.1, 0.15) is 0 Å². The molecule has 0 atom stereocenters. The van der Waals surface area contributed by atoms with Crippen molar-refractivity contribution in [3.63, 3.8) is 0 Å². The Kier molecular flexibility index (Phi) is 6.21. The van der Waals surface area contributed by atoms with Crippen LogP contribution in [0.1, 0.15) is 32.3 Å². The highest BCUT2D eigenvalue weighted by atomic mass is 16.6. The van der Waals surface area contributed by atoms with Crippen LogP contribution in [-0.2, 0) is 14.3 Å². The Labute approximate surface area is 181 Å². The highest BCUT2D eigenvalue weighted by molar-refractivity contribution is 6.16. The van der Waals surface area contributed by atoms with E-state index in [9.17, 15) is 9.59 Å². The van der Waals surface area contributed by atoms with Crippen LogP contribution in [0.15, 0.2) is 59.4 Å². The maximum atomic E-state index is 12.4. The molecule has 0 bridgehead atoms. The molecule has 1 N–H and O–H groups in total. The molecule has 0 spiro atoms. The minimum Gasteiger partial charge on any atom is -0.449 e. The monoisotopic (exact) mass is 421 g/mol. The fourth-order valence-corrected chi connectivity index (χ4v) is 3.72. The number of amides is 1. The van der Waals surface area contributed by atoms with Gasteiger partial charge >= 0.3 is 12.1 Å². The summed E-state index contributed by atoms with van der Waals surface area (Å²) in [6.07, 6.45) is 2.94. The van der Waals surface area contributed by atoms with E-state index in [1.54, 1.807) is 6.20 Å². The molecular formula is C24H27N3O4. The third-order valence-corrected chi connectivity index (χ3v) is 5.34. The van der Waals surface area contributed by atoms with Gasteiger partial charge < -0.3 is 19.7 Å². The molecule has 2 aromatic rings. The van der Waals surface area contributed by atoms with E-state index in [0.29, 0.717) is 37.2 Å². The fourth-order valence-electron chi connectivity index (χ4n) is 3.72. The van der Waals surface area contributed by atoms with Crippen molar-refractivity contribution in [1.29, 1.82) is 0 Å². The highest BCUT2D eigenvalue weighted by Crippen LogP contribution is 2.24. The molecule has 2 aliphatic rings. The van der Waals surface area contributed by atoms with Crippen LogP contribution in [0.4, 0.5) is 4.79 Å². The second kappa shape index (κ2) is 9.20. The largest absolute Gasteiger partial charge is 0.449 e. The standard InChI is InChI=1S/C24H27N3O4/c1-16(2)15-30-24(29)25-18-10-12-27(13-11-18)14-21-23(28)31-22(26-21)20-9-5-7-17-6-3-4-8-19(17)20/h3-9,14,16,18H,10-13,15H2,1-2H3,(H,25,29). The molecule has 162 valence electrons. The van der Waals surface area contributed by atoms with E-state index in [1.165, 1.54) is 0 Å². The molecule has 0 aromatic heterocycles. The molecule has 2 heterocycles. The Bertz CT molecular complexity index is 1030. The van der Waals surface area contributed by atoms with Gasteiger partial charge in [0, 0.05) is 30.9 Å². The van der Waals surface area contributed by atoms with Crippen molar-refractivity contribution in [2.24, 2.45) is 10.9 Å². The lowest BCUT2D eigenvalue weighted by molar-refractivity contribution is -0.130. The van der Waals surface area contributed by atoms with Crippen molar-refractivity contribution in [1.82, 2.24) is 10.2 Å². The molecule has 7 heteroatoms. The predicted molar refractivity (Wildman–Crippen MR) is 119 cm³/mol. The number of hydrogen-bond acceptors (Lipinski definition) is 6. The lowest BCUT2D eigenvalue weighted by Gasteiger charge is -2.31. The van der Waals surface area contributed by atoms with Crippen LogP contribution in [0.5, 0.6) is 0 Å². The summed E-state index contributed by atoms with van der Waals surface area (Å²) in [5.41, 5.74) is 1.10. The van der Waals surface area contributed by atoms with Crippen molar-refractivity contribution in [3.05, 3.63) is 59.9 Å². The summed E-state index contributed by atoms with van der Waals surface area (Å²) in [7, 11) is 0. The van der Waals surface area contributed by atoms with Crippen LogP contribution >= 0.6 is 0 Å². The van der Waals surface area contributed by atoms with E-state index in [4.69, 9.17) is 9.47 Å². The zero-order chi connectivity index (χ0) is 21.8. The average molecular weight is 421 g/mol. The number of carbonyl (C=O) groups excluding carboxylic acids is 2. The Morgan fingerprint density at radius 1 is 1.23 bits per heavy atom. The van der Waals surface area contributed by atoms with Crippen molar-refractivity contribution in [2.45, 2.75) is 32.7 Å². The first-order valence-corrected chi connectivity index (χ1v) is 10.7. The van der Waals surface area contributed by atoms with Crippen LogP contribution in [0.3, 0.4) is 0 Å². The number of nitrogens with zero attached hydrogens (tertiary/aromatic N) is 2. The minimum atomic E-state index is -0.444. The summed E-state index contributed by atoms with van der Waals surface area (Å²) in [4.78, 5) is 30.8. The third-order valence-electron chi connectivity index (χ3n) is 5.34. The Balaban J connectivity index is 1.39. The van der Waals surface area contributed by atoms with Gasteiger partial charge in [0.05, 0.1) is 6.61 Å².